The molecule has 0 spiro atoms. The van der Waals surface area contributed by atoms with Crippen LogP contribution in [0.4, 0.5) is 5.69 Å². The van der Waals surface area contributed by atoms with Crippen molar-refractivity contribution in [3.63, 3.8) is 0 Å². The van der Waals surface area contributed by atoms with Gasteiger partial charge in [-0.25, -0.2) is 9.97 Å². The Bertz CT molecular complexity index is 700. The minimum absolute atomic E-state index is 0.0710. The van der Waals surface area contributed by atoms with E-state index in [0.29, 0.717) is 24.5 Å². The van der Waals surface area contributed by atoms with Gasteiger partial charge in [0.25, 0.3) is 0 Å². The van der Waals surface area contributed by atoms with Gasteiger partial charge in [-0.15, -0.1) is 0 Å². The fourth-order valence-electron chi connectivity index (χ4n) is 2.77. The van der Waals surface area contributed by atoms with Crippen LogP contribution in [0, 0.1) is 0 Å². The number of nitrogens with one attached hydrogen (secondary N) is 1. The second kappa shape index (κ2) is 6.56. The molecule has 1 atom stereocenters. The van der Waals surface area contributed by atoms with E-state index in [1.807, 2.05) is 30.3 Å². The first-order valence-corrected chi connectivity index (χ1v) is 7.60. The lowest BCUT2D eigenvalue weighted by Gasteiger charge is -2.22. The first kappa shape index (κ1) is 15.1. The summed E-state index contributed by atoms with van der Waals surface area (Å²) in [6, 6.07) is 9.23. The SMILES string of the molecule is CC(=O)N1CCCC1C(=O)Nc1cnc(-c2ccccc2)nc1. The van der Waals surface area contributed by atoms with Crippen LogP contribution in [0.25, 0.3) is 11.4 Å². The maximum absolute atomic E-state index is 12.3. The van der Waals surface area contributed by atoms with Crippen molar-refractivity contribution >= 4 is 17.5 Å². The van der Waals surface area contributed by atoms with Crippen molar-refractivity contribution in [2.24, 2.45) is 0 Å². The Labute approximate surface area is 134 Å². The molecule has 1 fully saturated rings. The molecule has 1 unspecified atom stereocenters. The summed E-state index contributed by atoms with van der Waals surface area (Å²) < 4.78 is 0. The third kappa shape index (κ3) is 3.36. The van der Waals surface area contributed by atoms with E-state index in [-0.39, 0.29) is 11.8 Å². The van der Waals surface area contributed by atoms with E-state index in [9.17, 15) is 9.59 Å². The Morgan fingerprint density at radius 3 is 2.52 bits per heavy atom. The third-order valence-corrected chi connectivity index (χ3v) is 3.91. The average molecular weight is 310 g/mol. The summed E-state index contributed by atoms with van der Waals surface area (Å²) in [7, 11) is 0. The van der Waals surface area contributed by atoms with E-state index >= 15 is 0 Å². The summed E-state index contributed by atoms with van der Waals surface area (Å²) in [5.41, 5.74) is 1.45. The molecule has 3 rings (SSSR count). The Hall–Kier alpha value is -2.76. The van der Waals surface area contributed by atoms with E-state index in [4.69, 9.17) is 0 Å². The molecule has 6 heteroatoms. The van der Waals surface area contributed by atoms with Crippen LogP contribution in [0.3, 0.4) is 0 Å². The smallest absolute Gasteiger partial charge is 0.247 e. The summed E-state index contributed by atoms with van der Waals surface area (Å²) in [6.45, 7) is 2.13. The highest BCUT2D eigenvalue weighted by Gasteiger charge is 2.32. The lowest BCUT2D eigenvalue weighted by Crippen LogP contribution is -2.42. The van der Waals surface area contributed by atoms with E-state index < -0.39 is 6.04 Å². The second-order valence-corrected chi connectivity index (χ2v) is 5.52. The van der Waals surface area contributed by atoms with Crippen molar-refractivity contribution in [3.05, 3.63) is 42.7 Å². The highest BCUT2D eigenvalue weighted by Crippen LogP contribution is 2.20. The minimum atomic E-state index is -0.402. The number of benzene rings is 1. The van der Waals surface area contributed by atoms with Crippen molar-refractivity contribution in [2.75, 3.05) is 11.9 Å². The van der Waals surface area contributed by atoms with Gasteiger partial charge in [0.15, 0.2) is 5.82 Å². The van der Waals surface area contributed by atoms with E-state index in [1.165, 1.54) is 6.92 Å². The number of carbonyl (C=O) groups excluding carboxylic acids is 2. The van der Waals surface area contributed by atoms with Crippen molar-refractivity contribution in [1.82, 2.24) is 14.9 Å². The molecule has 23 heavy (non-hydrogen) atoms. The van der Waals surface area contributed by atoms with Gasteiger partial charge in [-0.1, -0.05) is 30.3 Å². The van der Waals surface area contributed by atoms with Crippen molar-refractivity contribution in [2.45, 2.75) is 25.8 Å². The minimum Gasteiger partial charge on any atom is -0.331 e. The van der Waals surface area contributed by atoms with Crippen LogP contribution >= 0.6 is 0 Å². The van der Waals surface area contributed by atoms with Gasteiger partial charge in [0.05, 0.1) is 18.1 Å². The lowest BCUT2D eigenvalue weighted by molar-refractivity contribution is -0.134. The summed E-state index contributed by atoms with van der Waals surface area (Å²) in [4.78, 5) is 34.0. The Morgan fingerprint density at radius 1 is 1.17 bits per heavy atom. The molecule has 6 nitrogen and oxygen atoms in total. The number of hydrogen-bond donors (Lipinski definition) is 1. The molecule has 0 saturated carbocycles. The molecule has 118 valence electrons. The van der Waals surface area contributed by atoms with Gasteiger partial charge in [0.1, 0.15) is 6.04 Å². The first-order chi connectivity index (χ1) is 11.1. The van der Waals surface area contributed by atoms with E-state index in [2.05, 4.69) is 15.3 Å². The molecule has 1 aromatic carbocycles. The third-order valence-electron chi connectivity index (χ3n) is 3.91. The Kier molecular flexibility index (Phi) is 4.32. The van der Waals surface area contributed by atoms with Gasteiger partial charge < -0.3 is 10.2 Å². The molecular weight excluding hydrogens is 292 g/mol. The lowest BCUT2D eigenvalue weighted by atomic mass is 10.2. The highest BCUT2D eigenvalue weighted by molar-refractivity contribution is 5.97. The van der Waals surface area contributed by atoms with Gasteiger partial charge >= 0.3 is 0 Å². The normalized spacial score (nSPS) is 17.1. The number of hydrogen-bond acceptors (Lipinski definition) is 4. The highest BCUT2D eigenvalue weighted by atomic mass is 16.2. The van der Waals surface area contributed by atoms with Gasteiger partial charge in [0, 0.05) is 19.0 Å². The van der Waals surface area contributed by atoms with Crippen LogP contribution in [0.1, 0.15) is 19.8 Å². The molecule has 1 aliphatic rings. The number of anilines is 1. The van der Waals surface area contributed by atoms with Gasteiger partial charge in [-0.2, -0.15) is 0 Å². The van der Waals surface area contributed by atoms with Gasteiger partial charge in [-0.05, 0) is 12.8 Å². The summed E-state index contributed by atoms with van der Waals surface area (Å²) in [5.74, 6) is 0.349. The molecule has 2 aromatic rings. The maximum Gasteiger partial charge on any atom is 0.247 e. The molecule has 2 heterocycles. The molecular formula is C17H18N4O2. The van der Waals surface area contributed by atoms with Crippen molar-refractivity contribution < 1.29 is 9.59 Å². The predicted octanol–water partition coefficient (Wildman–Crippen LogP) is 2.09. The van der Waals surface area contributed by atoms with E-state index in [1.54, 1.807) is 17.3 Å². The standard InChI is InChI=1S/C17H18N4O2/c1-12(22)21-9-5-8-15(21)17(23)20-14-10-18-16(19-11-14)13-6-3-2-4-7-13/h2-4,6-7,10-11,15H,5,8-9H2,1H3,(H,20,23). The quantitative estimate of drug-likeness (QED) is 0.942. The zero-order valence-electron chi connectivity index (χ0n) is 12.9. The summed E-state index contributed by atoms with van der Waals surface area (Å²) in [6.07, 6.45) is 4.70. The molecule has 0 radical (unpaired) electrons. The van der Waals surface area contributed by atoms with Crippen LogP contribution in [0.5, 0.6) is 0 Å². The topological polar surface area (TPSA) is 75.2 Å². The Balaban J connectivity index is 1.69. The van der Waals surface area contributed by atoms with Crippen LogP contribution < -0.4 is 5.32 Å². The van der Waals surface area contributed by atoms with Crippen LogP contribution in [0.2, 0.25) is 0 Å². The van der Waals surface area contributed by atoms with Crippen molar-refractivity contribution in [1.29, 1.82) is 0 Å². The molecule has 0 aliphatic carbocycles. The number of likely N-dealkylation sites (tertiary alicyclic amines) is 1. The summed E-state index contributed by atoms with van der Waals surface area (Å²) >= 11 is 0. The largest absolute Gasteiger partial charge is 0.331 e. The van der Waals surface area contributed by atoms with Crippen LogP contribution in [-0.2, 0) is 9.59 Å². The Morgan fingerprint density at radius 2 is 1.87 bits per heavy atom. The van der Waals surface area contributed by atoms with Crippen LogP contribution in [-0.4, -0.2) is 39.3 Å². The van der Waals surface area contributed by atoms with Gasteiger partial charge in [-0.3, -0.25) is 9.59 Å². The average Bonchev–Trinajstić information content (AvgIpc) is 3.06. The zero-order valence-corrected chi connectivity index (χ0v) is 12.9. The summed E-state index contributed by atoms with van der Waals surface area (Å²) in [5, 5.41) is 2.79. The van der Waals surface area contributed by atoms with Crippen molar-refractivity contribution in [3.8, 4) is 11.4 Å². The molecule has 1 N–H and O–H groups in total. The zero-order chi connectivity index (χ0) is 16.2. The first-order valence-electron chi connectivity index (χ1n) is 7.60. The second-order valence-electron chi connectivity index (χ2n) is 5.52. The number of carbonyl (C=O) groups is 2. The fraction of sp³-hybridized carbons (Fsp3) is 0.294. The molecule has 1 saturated heterocycles. The molecule has 2 amide bonds. The maximum atomic E-state index is 12.3. The van der Waals surface area contributed by atoms with E-state index in [0.717, 1.165) is 12.0 Å². The molecule has 1 aliphatic heterocycles. The predicted molar refractivity (Wildman–Crippen MR) is 86.5 cm³/mol. The molecule has 0 bridgehead atoms. The fourth-order valence-corrected chi connectivity index (χ4v) is 2.77. The number of amides is 2. The van der Waals surface area contributed by atoms with Gasteiger partial charge in [0.2, 0.25) is 11.8 Å². The number of rotatable bonds is 3. The monoisotopic (exact) mass is 310 g/mol. The number of nitrogens with zero attached hydrogens (tertiary/aromatic N) is 3. The number of aromatic nitrogens is 2. The van der Waals surface area contributed by atoms with Crippen LogP contribution in [0.15, 0.2) is 42.7 Å². The molecule has 1 aromatic heterocycles.